The lowest BCUT2D eigenvalue weighted by atomic mass is 9.71. The van der Waals surface area contributed by atoms with Gasteiger partial charge in [-0.25, -0.2) is 0 Å². The van der Waals surface area contributed by atoms with E-state index in [-0.39, 0.29) is 6.04 Å². The first-order valence-corrected chi connectivity index (χ1v) is 12.1. The van der Waals surface area contributed by atoms with Crippen LogP contribution >= 0.6 is 11.6 Å². The standard InChI is InChI=1S/C28H36ClNO2/c1-19-8-7-13-28(2,3)24(19)12-15-30-14-11-20-17-25(31-4)26(32-5)18-23(20)27(30)21-9-6-10-22(29)16-21/h6,9-10,16-18,27H,7-8,11-15H2,1-5H3/t27-/m0/s1. The number of nitrogens with zero attached hydrogens (tertiary/aromatic N) is 1. The normalized spacial score (nSPS) is 20.8. The summed E-state index contributed by atoms with van der Waals surface area (Å²) in [4.78, 5) is 2.63. The molecule has 3 nitrogen and oxygen atoms in total. The van der Waals surface area contributed by atoms with Crippen molar-refractivity contribution in [1.82, 2.24) is 4.90 Å². The summed E-state index contributed by atoms with van der Waals surface area (Å²) < 4.78 is 11.2. The van der Waals surface area contributed by atoms with Crippen molar-refractivity contribution in [3.63, 3.8) is 0 Å². The van der Waals surface area contributed by atoms with Gasteiger partial charge in [0.1, 0.15) is 0 Å². The first-order valence-electron chi connectivity index (χ1n) is 11.8. The highest BCUT2D eigenvalue weighted by molar-refractivity contribution is 6.30. The molecule has 0 aromatic heterocycles. The van der Waals surface area contributed by atoms with Gasteiger partial charge in [-0.2, -0.15) is 0 Å². The van der Waals surface area contributed by atoms with Gasteiger partial charge in [-0.15, -0.1) is 0 Å². The van der Waals surface area contributed by atoms with Crippen LogP contribution in [0.5, 0.6) is 11.5 Å². The first-order chi connectivity index (χ1) is 15.3. The SMILES string of the molecule is COc1cc2c(cc1OC)[C@H](c1cccc(Cl)c1)N(CCC1=C(C)CCCC1(C)C)CC2. The number of benzene rings is 2. The number of hydrogen-bond donors (Lipinski definition) is 0. The Kier molecular flexibility index (Phi) is 6.88. The van der Waals surface area contributed by atoms with E-state index in [0.717, 1.165) is 42.5 Å². The summed E-state index contributed by atoms with van der Waals surface area (Å²) in [6.45, 7) is 9.24. The Morgan fingerprint density at radius 3 is 2.50 bits per heavy atom. The summed E-state index contributed by atoms with van der Waals surface area (Å²) in [5.74, 6) is 1.58. The van der Waals surface area contributed by atoms with E-state index in [1.54, 1.807) is 25.4 Å². The van der Waals surface area contributed by atoms with Crippen LogP contribution < -0.4 is 9.47 Å². The van der Waals surface area contributed by atoms with Gasteiger partial charge in [-0.1, -0.05) is 48.7 Å². The molecule has 2 aromatic carbocycles. The average molecular weight is 454 g/mol. The molecule has 0 unspecified atom stereocenters. The van der Waals surface area contributed by atoms with Crippen LogP contribution in [0.1, 0.15) is 69.2 Å². The minimum absolute atomic E-state index is 0.157. The Hall–Kier alpha value is -1.97. The lowest BCUT2D eigenvalue weighted by Gasteiger charge is -2.40. The zero-order valence-corrected chi connectivity index (χ0v) is 20.9. The Balaban J connectivity index is 1.71. The molecule has 0 radical (unpaired) electrons. The summed E-state index contributed by atoms with van der Waals surface area (Å²) in [7, 11) is 3.41. The van der Waals surface area contributed by atoms with Gasteiger partial charge in [-0.05, 0) is 85.4 Å². The van der Waals surface area contributed by atoms with Gasteiger partial charge in [0.2, 0.25) is 0 Å². The zero-order chi connectivity index (χ0) is 22.9. The highest BCUT2D eigenvalue weighted by Gasteiger charge is 2.33. The lowest BCUT2D eigenvalue weighted by molar-refractivity contribution is 0.207. The summed E-state index contributed by atoms with van der Waals surface area (Å²) in [5, 5.41) is 0.780. The number of methoxy groups -OCH3 is 2. The quantitative estimate of drug-likeness (QED) is 0.431. The molecule has 0 saturated heterocycles. The molecule has 1 heterocycles. The Bertz CT molecular complexity index is 1010. The Morgan fingerprint density at radius 1 is 1.06 bits per heavy atom. The predicted molar refractivity (Wildman–Crippen MR) is 133 cm³/mol. The summed E-state index contributed by atoms with van der Waals surface area (Å²) in [6.07, 6.45) is 5.98. The van der Waals surface area contributed by atoms with Gasteiger partial charge >= 0.3 is 0 Å². The van der Waals surface area contributed by atoms with Crippen molar-refractivity contribution >= 4 is 11.6 Å². The van der Waals surface area contributed by atoms with Crippen LogP contribution in [-0.4, -0.2) is 32.2 Å². The number of rotatable bonds is 6. The summed E-state index contributed by atoms with van der Waals surface area (Å²) >= 11 is 6.43. The fraction of sp³-hybridized carbons (Fsp3) is 0.500. The van der Waals surface area contributed by atoms with E-state index < -0.39 is 0 Å². The summed E-state index contributed by atoms with van der Waals surface area (Å²) in [6, 6.07) is 12.8. The van der Waals surface area contributed by atoms with Crippen LogP contribution in [0.4, 0.5) is 0 Å². The number of fused-ring (bicyclic) bond motifs is 1. The molecule has 1 aliphatic carbocycles. The molecule has 172 valence electrons. The topological polar surface area (TPSA) is 21.7 Å². The molecule has 0 amide bonds. The molecule has 0 fully saturated rings. The third-order valence-corrected chi connectivity index (χ3v) is 7.71. The van der Waals surface area contributed by atoms with Crippen molar-refractivity contribution < 1.29 is 9.47 Å². The molecule has 32 heavy (non-hydrogen) atoms. The molecule has 0 spiro atoms. The largest absolute Gasteiger partial charge is 0.493 e. The molecule has 0 N–H and O–H groups in total. The number of ether oxygens (including phenoxy) is 2. The van der Waals surface area contributed by atoms with E-state index in [2.05, 4.69) is 56.0 Å². The third-order valence-electron chi connectivity index (χ3n) is 7.47. The highest BCUT2D eigenvalue weighted by Crippen LogP contribution is 2.44. The number of hydrogen-bond acceptors (Lipinski definition) is 3. The minimum atomic E-state index is 0.157. The van der Waals surface area contributed by atoms with E-state index in [4.69, 9.17) is 21.1 Å². The molecule has 2 aromatic rings. The van der Waals surface area contributed by atoms with Crippen LogP contribution in [0, 0.1) is 5.41 Å². The van der Waals surface area contributed by atoms with Crippen molar-refractivity contribution in [2.45, 2.75) is 58.9 Å². The molecule has 1 aliphatic heterocycles. The van der Waals surface area contributed by atoms with E-state index in [1.807, 2.05) is 6.07 Å². The van der Waals surface area contributed by atoms with Gasteiger partial charge in [0.05, 0.1) is 20.3 Å². The second kappa shape index (κ2) is 9.49. The van der Waals surface area contributed by atoms with Crippen LogP contribution in [0.25, 0.3) is 0 Å². The van der Waals surface area contributed by atoms with Crippen molar-refractivity contribution in [1.29, 1.82) is 0 Å². The van der Waals surface area contributed by atoms with Crippen LogP contribution in [-0.2, 0) is 6.42 Å². The summed E-state index contributed by atoms with van der Waals surface area (Å²) in [5.41, 5.74) is 7.43. The van der Waals surface area contributed by atoms with Crippen molar-refractivity contribution in [2.75, 3.05) is 27.3 Å². The van der Waals surface area contributed by atoms with Gasteiger partial charge < -0.3 is 9.47 Å². The molecule has 2 aliphatic rings. The van der Waals surface area contributed by atoms with Crippen LogP contribution in [0.2, 0.25) is 5.02 Å². The number of allylic oxidation sites excluding steroid dienone is 1. The molecule has 0 saturated carbocycles. The fourth-order valence-electron chi connectivity index (χ4n) is 5.79. The van der Waals surface area contributed by atoms with Crippen LogP contribution in [0.3, 0.4) is 0 Å². The Morgan fingerprint density at radius 2 is 1.81 bits per heavy atom. The second-order valence-corrected chi connectivity index (χ2v) is 10.3. The van der Waals surface area contributed by atoms with Gasteiger partial charge in [0, 0.05) is 18.1 Å². The lowest BCUT2D eigenvalue weighted by Crippen LogP contribution is -2.37. The molecule has 1 atom stereocenters. The van der Waals surface area contributed by atoms with Crippen LogP contribution in [0.15, 0.2) is 47.5 Å². The number of halogens is 1. The second-order valence-electron chi connectivity index (χ2n) is 9.90. The van der Waals surface area contributed by atoms with E-state index >= 15 is 0 Å². The molecular weight excluding hydrogens is 418 g/mol. The molecule has 4 heteroatoms. The van der Waals surface area contributed by atoms with Gasteiger partial charge in [-0.3, -0.25) is 4.90 Å². The van der Waals surface area contributed by atoms with E-state index in [0.29, 0.717) is 5.41 Å². The van der Waals surface area contributed by atoms with Gasteiger partial charge in [0.15, 0.2) is 11.5 Å². The van der Waals surface area contributed by atoms with E-state index in [9.17, 15) is 0 Å². The predicted octanol–water partition coefficient (Wildman–Crippen LogP) is 7.22. The Labute approximate surface area is 198 Å². The average Bonchev–Trinajstić information content (AvgIpc) is 2.77. The highest BCUT2D eigenvalue weighted by atomic mass is 35.5. The van der Waals surface area contributed by atoms with Gasteiger partial charge in [0.25, 0.3) is 0 Å². The smallest absolute Gasteiger partial charge is 0.161 e. The van der Waals surface area contributed by atoms with E-state index in [1.165, 1.54) is 36.0 Å². The maximum atomic E-state index is 6.43. The monoisotopic (exact) mass is 453 g/mol. The maximum absolute atomic E-state index is 6.43. The first kappa shape index (κ1) is 23.2. The third kappa shape index (κ3) is 4.56. The van der Waals surface area contributed by atoms with Crippen molar-refractivity contribution in [2.24, 2.45) is 5.41 Å². The van der Waals surface area contributed by atoms with Crippen molar-refractivity contribution in [3.8, 4) is 11.5 Å². The minimum Gasteiger partial charge on any atom is -0.493 e. The zero-order valence-electron chi connectivity index (χ0n) is 20.1. The maximum Gasteiger partial charge on any atom is 0.161 e. The molecular formula is C28H36ClNO2. The fourth-order valence-corrected chi connectivity index (χ4v) is 5.99. The molecule has 4 rings (SSSR count). The molecule has 0 bridgehead atoms. The van der Waals surface area contributed by atoms with Crippen molar-refractivity contribution in [3.05, 3.63) is 69.3 Å².